The first-order valence-electron chi connectivity index (χ1n) is 5.58. The van der Waals surface area contributed by atoms with Crippen molar-refractivity contribution in [2.24, 2.45) is 0 Å². The van der Waals surface area contributed by atoms with Crippen LogP contribution in [-0.2, 0) is 9.53 Å². The van der Waals surface area contributed by atoms with Gasteiger partial charge in [-0.1, -0.05) is 15.9 Å². The van der Waals surface area contributed by atoms with E-state index in [-0.39, 0.29) is 24.1 Å². The summed E-state index contributed by atoms with van der Waals surface area (Å²) >= 11 is 10.3. The van der Waals surface area contributed by atoms with Crippen LogP contribution in [-0.4, -0.2) is 28.5 Å². The molecular formula is C12H14Br2O4S. The lowest BCUT2D eigenvalue weighted by Gasteiger charge is -2.14. The van der Waals surface area contributed by atoms with E-state index in [0.717, 1.165) is 4.47 Å². The molecule has 4 nitrogen and oxygen atoms in total. The van der Waals surface area contributed by atoms with Crippen LogP contribution in [0.15, 0.2) is 21.1 Å². The Morgan fingerprint density at radius 1 is 1.42 bits per heavy atom. The second kappa shape index (κ2) is 8.14. The summed E-state index contributed by atoms with van der Waals surface area (Å²) in [6.07, 6.45) is 0.0732. The maximum absolute atomic E-state index is 10.9. The Hall–Kier alpha value is -0.240. The lowest BCUT2D eigenvalue weighted by molar-refractivity contribution is -0.140. The van der Waals surface area contributed by atoms with Crippen molar-refractivity contribution in [1.29, 1.82) is 0 Å². The van der Waals surface area contributed by atoms with Crippen molar-refractivity contribution >= 4 is 50.5 Å². The molecule has 0 unspecified atom stereocenters. The Morgan fingerprint density at radius 3 is 2.74 bits per heavy atom. The predicted molar refractivity (Wildman–Crippen MR) is 82.5 cm³/mol. The van der Waals surface area contributed by atoms with Crippen LogP contribution in [0.4, 0.5) is 0 Å². The number of phenols is 1. The Labute approximate surface area is 133 Å². The van der Waals surface area contributed by atoms with Crippen LogP contribution in [0.3, 0.4) is 0 Å². The van der Waals surface area contributed by atoms with Crippen LogP contribution >= 0.6 is 44.5 Å². The molecule has 19 heavy (non-hydrogen) atoms. The molecule has 0 amide bonds. The quantitative estimate of drug-likeness (QED) is 0.380. The van der Waals surface area contributed by atoms with E-state index in [2.05, 4.69) is 44.5 Å². The molecule has 0 saturated carbocycles. The summed E-state index contributed by atoms with van der Waals surface area (Å²) in [6, 6.07) is 3.35. The smallest absolute Gasteiger partial charge is 0.315 e. The minimum absolute atomic E-state index is 0.0167. The van der Waals surface area contributed by atoms with Crippen LogP contribution in [0.5, 0.6) is 5.75 Å². The number of hydrogen-bond acceptors (Lipinski definition) is 5. The third-order valence-corrected chi connectivity index (χ3v) is 3.75. The van der Waals surface area contributed by atoms with Gasteiger partial charge in [0.25, 0.3) is 0 Å². The lowest BCUT2D eigenvalue weighted by atomic mass is 10.0. The summed E-state index contributed by atoms with van der Waals surface area (Å²) in [5.74, 6) is -0.323. The second-order valence-electron chi connectivity index (χ2n) is 3.86. The molecule has 0 fully saturated rings. The van der Waals surface area contributed by atoms with E-state index in [4.69, 9.17) is 4.74 Å². The molecule has 0 aromatic heterocycles. The van der Waals surface area contributed by atoms with Crippen molar-refractivity contribution in [2.45, 2.75) is 18.9 Å². The van der Waals surface area contributed by atoms with E-state index in [0.29, 0.717) is 22.9 Å². The number of aromatic hydroxyl groups is 1. The molecule has 1 atom stereocenters. The molecule has 1 aromatic carbocycles. The van der Waals surface area contributed by atoms with Gasteiger partial charge < -0.3 is 14.9 Å². The van der Waals surface area contributed by atoms with E-state index >= 15 is 0 Å². The fraction of sp³-hybridized carbons (Fsp3) is 0.417. The van der Waals surface area contributed by atoms with Crippen molar-refractivity contribution in [2.75, 3.05) is 12.4 Å². The number of aliphatic hydroxyl groups excluding tert-OH is 1. The van der Waals surface area contributed by atoms with Crippen molar-refractivity contribution < 1.29 is 19.7 Å². The second-order valence-corrected chi connectivity index (χ2v) is 5.95. The minimum Gasteiger partial charge on any atom is -0.506 e. The van der Waals surface area contributed by atoms with Gasteiger partial charge in [-0.05, 0) is 40.9 Å². The summed E-state index contributed by atoms with van der Waals surface area (Å²) in [7, 11) is 0. The number of benzene rings is 1. The highest BCUT2D eigenvalue weighted by atomic mass is 79.9. The SMILES string of the molecule is O=C(CS)OCCC[C@H](O)c1cc(Br)cc(Br)c1O. The number of thiol groups is 1. The van der Waals surface area contributed by atoms with Crippen molar-refractivity contribution in [3.8, 4) is 5.75 Å². The van der Waals surface area contributed by atoms with E-state index < -0.39 is 6.10 Å². The first kappa shape index (κ1) is 16.8. The van der Waals surface area contributed by atoms with Gasteiger partial charge in [-0.25, -0.2) is 0 Å². The van der Waals surface area contributed by atoms with Gasteiger partial charge in [0.1, 0.15) is 5.75 Å². The number of hydrogen-bond donors (Lipinski definition) is 3. The molecule has 0 bridgehead atoms. The zero-order chi connectivity index (χ0) is 14.4. The molecule has 2 N–H and O–H groups in total. The number of carbonyl (C=O) groups is 1. The molecule has 0 heterocycles. The van der Waals surface area contributed by atoms with Crippen LogP contribution in [0.25, 0.3) is 0 Å². The van der Waals surface area contributed by atoms with Gasteiger partial charge in [-0.15, -0.1) is 0 Å². The van der Waals surface area contributed by atoms with Crippen LogP contribution in [0.1, 0.15) is 24.5 Å². The van der Waals surface area contributed by atoms with Gasteiger partial charge in [0.15, 0.2) is 0 Å². The first-order valence-corrected chi connectivity index (χ1v) is 7.80. The predicted octanol–water partition coefficient (Wildman–Crippen LogP) is 3.20. The molecule has 0 radical (unpaired) electrons. The van der Waals surface area contributed by atoms with Crippen molar-refractivity contribution in [1.82, 2.24) is 0 Å². The molecule has 0 saturated heterocycles. The highest BCUT2D eigenvalue weighted by molar-refractivity contribution is 9.11. The fourth-order valence-corrected chi connectivity index (χ4v) is 2.85. The minimum atomic E-state index is -0.816. The summed E-state index contributed by atoms with van der Waals surface area (Å²) in [5.41, 5.74) is 0.432. The number of ether oxygens (including phenoxy) is 1. The normalized spacial score (nSPS) is 12.2. The zero-order valence-electron chi connectivity index (χ0n) is 9.97. The Bertz CT molecular complexity index is 454. The largest absolute Gasteiger partial charge is 0.506 e. The number of halogens is 2. The highest BCUT2D eigenvalue weighted by Crippen LogP contribution is 2.36. The first-order chi connectivity index (χ1) is 8.95. The number of rotatable bonds is 6. The maximum atomic E-state index is 10.9. The lowest BCUT2D eigenvalue weighted by Crippen LogP contribution is -2.08. The molecule has 0 aliphatic heterocycles. The summed E-state index contributed by atoms with van der Waals surface area (Å²) in [5, 5.41) is 19.9. The highest BCUT2D eigenvalue weighted by Gasteiger charge is 2.15. The number of esters is 1. The molecule has 1 aromatic rings. The molecule has 1 rings (SSSR count). The van der Waals surface area contributed by atoms with Gasteiger partial charge in [0, 0.05) is 10.0 Å². The Morgan fingerprint density at radius 2 is 2.11 bits per heavy atom. The topological polar surface area (TPSA) is 66.8 Å². The fourth-order valence-electron chi connectivity index (χ4n) is 1.50. The molecule has 106 valence electrons. The summed E-state index contributed by atoms with van der Waals surface area (Å²) in [4.78, 5) is 10.9. The summed E-state index contributed by atoms with van der Waals surface area (Å²) in [6.45, 7) is 0.229. The van der Waals surface area contributed by atoms with Crippen LogP contribution < -0.4 is 0 Å². The van der Waals surface area contributed by atoms with Gasteiger partial charge in [-0.2, -0.15) is 12.6 Å². The van der Waals surface area contributed by atoms with E-state index in [1.807, 2.05) is 0 Å². The average Bonchev–Trinajstić information content (AvgIpc) is 2.38. The van der Waals surface area contributed by atoms with E-state index in [9.17, 15) is 15.0 Å². The van der Waals surface area contributed by atoms with E-state index in [1.165, 1.54) is 0 Å². The average molecular weight is 414 g/mol. The van der Waals surface area contributed by atoms with Crippen molar-refractivity contribution in [3.05, 3.63) is 26.6 Å². The number of phenolic OH excluding ortho intramolecular Hbond substituents is 1. The molecule has 0 aliphatic rings. The monoisotopic (exact) mass is 412 g/mol. The molecule has 0 spiro atoms. The standard InChI is InChI=1S/C12H14Br2O4S/c13-7-4-8(12(17)9(14)5-7)10(15)2-1-3-18-11(16)6-19/h4-5,10,15,17,19H,1-3,6H2/t10-/m0/s1. The molecule has 7 heteroatoms. The van der Waals surface area contributed by atoms with Crippen LogP contribution in [0.2, 0.25) is 0 Å². The van der Waals surface area contributed by atoms with Gasteiger partial charge in [0.2, 0.25) is 0 Å². The van der Waals surface area contributed by atoms with Gasteiger partial charge in [0.05, 0.1) is 22.9 Å². The third-order valence-electron chi connectivity index (χ3n) is 2.43. The van der Waals surface area contributed by atoms with Crippen LogP contribution in [0, 0.1) is 0 Å². The number of carbonyl (C=O) groups excluding carboxylic acids is 1. The third kappa shape index (κ3) is 5.33. The van der Waals surface area contributed by atoms with Crippen molar-refractivity contribution in [3.63, 3.8) is 0 Å². The summed E-state index contributed by atoms with van der Waals surface area (Å²) < 4.78 is 6.12. The van der Waals surface area contributed by atoms with Gasteiger partial charge in [-0.3, -0.25) is 4.79 Å². The Balaban J connectivity index is 2.54. The van der Waals surface area contributed by atoms with Gasteiger partial charge >= 0.3 is 5.97 Å². The van der Waals surface area contributed by atoms with E-state index in [1.54, 1.807) is 12.1 Å². The molecular weight excluding hydrogens is 400 g/mol. The Kier molecular flexibility index (Phi) is 7.20. The zero-order valence-corrected chi connectivity index (χ0v) is 14.0. The molecule has 0 aliphatic carbocycles. The maximum Gasteiger partial charge on any atom is 0.315 e. The number of aliphatic hydroxyl groups is 1.